The highest BCUT2D eigenvalue weighted by molar-refractivity contribution is 7.14. The number of aliphatic imine (C=N–C) groups is 1. The Hall–Kier alpha value is -1.66. The van der Waals surface area contributed by atoms with Crippen molar-refractivity contribution < 1.29 is 0 Å². The Morgan fingerprint density at radius 3 is 2.79 bits per heavy atom. The number of allylic oxidation sites excluding steroid dienone is 2. The summed E-state index contributed by atoms with van der Waals surface area (Å²) < 4.78 is 0. The first kappa shape index (κ1) is 19.6. The normalized spacial score (nSPS) is 24.4. The van der Waals surface area contributed by atoms with E-state index in [0.29, 0.717) is 5.82 Å². The topological polar surface area (TPSA) is 57.8 Å². The molecule has 0 spiro atoms. The zero-order chi connectivity index (χ0) is 19.7. The largest absolute Gasteiger partial charge is 0.384 e. The van der Waals surface area contributed by atoms with Gasteiger partial charge in [0.15, 0.2) is 0 Å². The number of rotatable bonds is 3. The van der Waals surface area contributed by atoms with Gasteiger partial charge in [-0.1, -0.05) is 13.8 Å². The smallest absolute Gasteiger partial charge is 0.142 e. The molecular weight excluding hydrogens is 366 g/mol. The van der Waals surface area contributed by atoms with Gasteiger partial charge >= 0.3 is 0 Å². The molecule has 0 radical (unpaired) electrons. The molecule has 1 unspecified atom stereocenters. The third-order valence-electron chi connectivity index (χ3n) is 6.28. The Labute approximate surface area is 173 Å². The molecule has 2 N–H and O–H groups in total. The summed E-state index contributed by atoms with van der Waals surface area (Å²) >= 11 is 1.84. The van der Waals surface area contributed by atoms with Crippen LogP contribution < -0.4 is 5.73 Å². The van der Waals surface area contributed by atoms with Gasteiger partial charge < -0.3 is 15.5 Å². The number of hydrogen-bond acceptors (Lipinski definition) is 6. The number of aryl methyl sites for hydroxylation is 1. The van der Waals surface area contributed by atoms with Crippen LogP contribution in [-0.4, -0.2) is 53.7 Å². The first-order valence-corrected chi connectivity index (χ1v) is 11.5. The van der Waals surface area contributed by atoms with E-state index in [9.17, 15) is 0 Å². The van der Waals surface area contributed by atoms with E-state index in [2.05, 4.69) is 36.8 Å². The van der Waals surface area contributed by atoms with E-state index in [-0.39, 0.29) is 0 Å². The summed E-state index contributed by atoms with van der Waals surface area (Å²) in [6, 6.07) is 0. The van der Waals surface area contributed by atoms with E-state index in [1.807, 2.05) is 11.3 Å². The van der Waals surface area contributed by atoms with Crippen molar-refractivity contribution in [2.24, 2.45) is 16.6 Å². The SMILES string of the molecule is CCC1=C(N)N=C(c2nc3c(s2)CCCC(C)C3)C=C(N2CCN(C)CC2)C1. The molecule has 5 nitrogen and oxygen atoms in total. The highest BCUT2D eigenvalue weighted by Gasteiger charge is 2.24. The van der Waals surface area contributed by atoms with Crippen LogP contribution in [0.1, 0.15) is 55.1 Å². The van der Waals surface area contributed by atoms with Gasteiger partial charge in [-0.15, -0.1) is 11.3 Å². The lowest BCUT2D eigenvalue weighted by atomic mass is 10.0. The minimum absolute atomic E-state index is 0.691. The lowest BCUT2D eigenvalue weighted by Gasteiger charge is -2.35. The van der Waals surface area contributed by atoms with Crippen molar-refractivity contribution >= 4 is 17.0 Å². The number of nitrogens with two attached hydrogens (primary N) is 1. The lowest BCUT2D eigenvalue weighted by Crippen LogP contribution is -2.44. The van der Waals surface area contributed by atoms with Crippen molar-refractivity contribution in [3.05, 3.63) is 38.7 Å². The fourth-order valence-corrected chi connectivity index (χ4v) is 5.45. The van der Waals surface area contributed by atoms with Crippen LogP contribution >= 0.6 is 11.3 Å². The molecule has 1 atom stereocenters. The molecule has 0 bridgehead atoms. The maximum atomic E-state index is 6.41. The molecule has 3 heterocycles. The molecule has 0 amide bonds. The van der Waals surface area contributed by atoms with Crippen LogP contribution in [0.2, 0.25) is 0 Å². The van der Waals surface area contributed by atoms with E-state index in [0.717, 1.165) is 68.5 Å². The fraction of sp³-hybridized carbons (Fsp3) is 0.636. The molecule has 28 heavy (non-hydrogen) atoms. The van der Waals surface area contributed by atoms with Gasteiger partial charge in [-0.25, -0.2) is 9.98 Å². The molecular formula is C22H33N5S. The molecule has 4 rings (SSSR count). The quantitative estimate of drug-likeness (QED) is 0.790. The molecule has 0 aromatic carbocycles. The van der Waals surface area contributed by atoms with Crippen LogP contribution in [0, 0.1) is 5.92 Å². The second-order valence-corrected chi connectivity index (χ2v) is 9.62. The van der Waals surface area contributed by atoms with Crippen molar-refractivity contribution in [3.8, 4) is 0 Å². The highest BCUT2D eigenvalue weighted by Crippen LogP contribution is 2.31. The third-order valence-corrected chi connectivity index (χ3v) is 7.46. The summed E-state index contributed by atoms with van der Waals surface area (Å²) in [5.41, 5.74) is 11.3. The number of fused-ring (bicyclic) bond motifs is 1. The summed E-state index contributed by atoms with van der Waals surface area (Å²) in [5, 5.41) is 1.05. The van der Waals surface area contributed by atoms with E-state index < -0.39 is 0 Å². The summed E-state index contributed by atoms with van der Waals surface area (Å²) in [4.78, 5) is 16.3. The predicted molar refractivity (Wildman–Crippen MR) is 118 cm³/mol. The molecule has 1 aliphatic carbocycles. The summed E-state index contributed by atoms with van der Waals surface area (Å²) in [6.07, 6.45) is 8.95. The first-order chi connectivity index (χ1) is 13.5. The minimum atomic E-state index is 0.691. The Bertz CT molecular complexity index is 811. The van der Waals surface area contributed by atoms with Crippen molar-refractivity contribution in [1.29, 1.82) is 0 Å². The zero-order valence-electron chi connectivity index (χ0n) is 17.5. The number of piperazine rings is 1. The van der Waals surface area contributed by atoms with Gasteiger partial charge in [0.1, 0.15) is 16.5 Å². The van der Waals surface area contributed by atoms with E-state index in [4.69, 9.17) is 15.7 Å². The van der Waals surface area contributed by atoms with Gasteiger partial charge in [-0.05, 0) is 56.7 Å². The molecule has 0 saturated carbocycles. The van der Waals surface area contributed by atoms with Crippen molar-refractivity contribution in [2.45, 2.75) is 52.4 Å². The van der Waals surface area contributed by atoms with E-state index in [1.54, 1.807) is 0 Å². The number of hydrogen-bond donors (Lipinski definition) is 1. The number of nitrogens with zero attached hydrogens (tertiary/aromatic N) is 4. The Kier molecular flexibility index (Phi) is 5.88. The third kappa shape index (κ3) is 4.18. The molecule has 1 aromatic rings. The van der Waals surface area contributed by atoms with Crippen molar-refractivity contribution in [2.75, 3.05) is 33.2 Å². The minimum Gasteiger partial charge on any atom is -0.384 e. The molecule has 1 saturated heterocycles. The molecule has 1 aromatic heterocycles. The van der Waals surface area contributed by atoms with Crippen molar-refractivity contribution in [1.82, 2.24) is 14.8 Å². The first-order valence-electron chi connectivity index (χ1n) is 10.7. The Morgan fingerprint density at radius 2 is 2.04 bits per heavy atom. The molecule has 2 aliphatic heterocycles. The van der Waals surface area contributed by atoms with Gasteiger partial charge in [-0.3, -0.25) is 0 Å². The van der Waals surface area contributed by atoms with Crippen LogP contribution in [0.15, 0.2) is 28.2 Å². The number of aromatic nitrogens is 1. The standard InChI is InChI=1S/C22H33N5S/c1-4-16-13-17(27-10-8-26(3)9-11-27)14-19(24-21(16)23)22-25-18-12-15(2)6-5-7-20(18)28-22/h14-15H,4-13,23H2,1-3H3. The maximum Gasteiger partial charge on any atom is 0.142 e. The van der Waals surface area contributed by atoms with Crippen LogP contribution in [0.5, 0.6) is 0 Å². The fourth-order valence-electron chi connectivity index (χ4n) is 4.36. The van der Waals surface area contributed by atoms with Crippen LogP contribution in [-0.2, 0) is 12.8 Å². The number of thiazole rings is 1. The average Bonchev–Trinajstić information content (AvgIpc) is 2.87. The van der Waals surface area contributed by atoms with Crippen LogP contribution in [0.25, 0.3) is 0 Å². The van der Waals surface area contributed by atoms with E-state index >= 15 is 0 Å². The summed E-state index contributed by atoms with van der Waals surface area (Å²) in [6.45, 7) is 8.87. The van der Waals surface area contributed by atoms with Gasteiger partial charge in [0.25, 0.3) is 0 Å². The second kappa shape index (κ2) is 8.37. The van der Waals surface area contributed by atoms with Gasteiger partial charge in [0.05, 0.1) is 5.69 Å². The molecule has 152 valence electrons. The Balaban J connectivity index is 1.68. The lowest BCUT2D eigenvalue weighted by molar-refractivity contribution is 0.184. The maximum absolute atomic E-state index is 6.41. The van der Waals surface area contributed by atoms with Crippen LogP contribution in [0.4, 0.5) is 0 Å². The Morgan fingerprint density at radius 1 is 1.25 bits per heavy atom. The van der Waals surface area contributed by atoms with Crippen LogP contribution in [0.3, 0.4) is 0 Å². The summed E-state index contributed by atoms with van der Waals surface area (Å²) in [5.74, 6) is 1.41. The van der Waals surface area contributed by atoms with Gasteiger partial charge in [0.2, 0.25) is 0 Å². The van der Waals surface area contributed by atoms with E-state index in [1.165, 1.54) is 34.7 Å². The summed E-state index contributed by atoms with van der Waals surface area (Å²) in [7, 11) is 2.20. The zero-order valence-corrected chi connectivity index (χ0v) is 18.3. The number of likely N-dealkylation sites (N-methyl/N-ethyl adjacent to an activating group) is 1. The average molecular weight is 400 g/mol. The van der Waals surface area contributed by atoms with Crippen molar-refractivity contribution in [3.63, 3.8) is 0 Å². The molecule has 1 fully saturated rings. The second-order valence-electron chi connectivity index (χ2n) is 8.53. The molecule has 3 aliphatic rings. The predicted octanol–water partition coefficient (Wildman–Crippen LogP) is 3.56. The molecule has 6 heteroatoms. The highest BCUT2D eigenvalue weighted by atomic mass is 32.1. The van der Waals surface area contributed by atoms with Gasteiger partial charge in [0, 0.05) is 43.2 Å². The monoisotopic (exact) mass is 399 g/mol. The van der Waals surface area contributed by atoms with Gasteiger partial charge in [-0.2, -0.15) is 0 Å².